The number of benzene rings is 1. The summed E-state index contributed by atoms with van der Waals surface area (Å²) in [6.07, 6.45) is 1.11. The lowest BCUT2D eigenvalue weighted by Gasteiger charge is -2.11. The first-order valence-corrected chi connectivity index (χ1v) is 6.37. The van der Waals surface area contributed by atoms with Crippen LogP contribution in [0.3, 0.4) is 0 Å². The summed E-state index contributed by atoms with van der Waals surface area (Å²) < 4.78 is 5.58. The Balaban J connectivity index is 2.45. The molecule has 0 aliphatic carbocycles. The maximum Gasteiger partial charge on any atom is 0.163 e. The number of aromatic nitrogens is 2. The van der Waals surface area contributed by atoms with Crippen LogP contribution in [0.15, 0.2) is 30.5 Å². The molecule has 1 heterocycles. The molecular weight excluding hydrogens is 240 g/mol. The molecule has 4 nitrogen and oxygen atoms in total. The minimum Gasteiger partial charge on any atom is -0.493 e. The van der Waals surface area contributed by atoms with Crippen LogP contribution in [0.5, 0.6) is 5.75 Å². The van der Waals surface area contributed by atoms with Gasteiger partial charge in [-0.25, -0.2) is 9.97 Å². The zero-order chi connectivity index (χ0) is 13.8. The third kappa shape index (κ3) is 2.90. The van der Waals surface area contributed by atoms with Crippen molar-refractivity contribution in [3.05, 3.63) is 41.7 Å². The molecule has 4 heteroatoms. The van der Waals surface area contributed by atoms with Gasteiger partial charge in [-0.15, -0.1) is 0 Å². The van der Waals surface area contributed by atoms with Gasteiger partial charge in [0.05, 0.1) is 18.3 Å². The number of hydrogen-bond donors (Lipinski definition) is 1. The van der Waals surface area contributed by atoms with Crippen molar-refractivity contribution < 1.29 is 9.84 Å². The van der Waals surface area contributed by atoms with Gasteiger partial charge in [-0.3, -0.25) is 0 Å². The van der Waals surface area contributed by atoms with E-state index >= 15 is 0 Å². The monoisotopic (exact) mass is 258 g/mol. The molecule has 1 aromatic carbocycles. The van der Waals surface area contributed by atoms with Gasteiger partial charge in [0.2, 0.25) is 0 Å². The molecule has 0 saturated carbocycles. The van der Waals surface area contributed by atoms with E-state index in [9.17, 15) is 5.11 Å². The average molecular weight is 258 g/mol. The number of aliphatic hydroxyl groups is 1. The van der Waals surface area contributed by atoms with Gasteiger partial charge in [0, 0.05) is 17.5 Å². The maximum atomic E-state index is 9.60. The molecule has 0 aliphatic heterocycles. The van der Waals surface area contributed by atoms with E-state index < -0.39 is 6.10 Å². The summed E-state index contributed by atoms with van der Waals surface area (Å²) >= 11 is 0. The van der Waals surface area contributed by atoms with E-state index in [1.54, 1.807) is 13.1 Å². The quantitative estimate of drug-likeness (QED) is 0.916. The molecule has 1 atom stereocenters. The number of rotatable bonds is 4. The molecular formula is C15H18N2O2. The van der Waals surface area contributed by atoms with Gasteiger partial charge in [0.15, 0.2) is 5.82 Å². The van der Waals surface area contributed by atoms with Crippen LogP contribution >= 0.6 is 0 Å². The molecule has 100 valence electrons. The largest absolute Gasteiger partial charge is 0.493 e. The van der Waals surface area contributed by atoms with Crippen molar-refractivity contribution >= 4 is 0 Å². The molecule has 0 saturated heterocycles. The Morgan fingerprint density at radius 2 is 2.05 bits per heavy atom. The Kier molecular flexibility index (Phi) is 4.12. The molecule has 0 radical (unpaired) electrons. The smallest absolute Gasteiger partial charge is 0.163 e. The predicted molar refractivity (Wildman–Crippen MR) is 74.0 cm³/mol. The van der Waals surface area contributed by atoms with Gasteiger partial charge in [-0.1, -0.05) is 12.1 Å². The highest BCUT2D eigenvalue weighted by Gasteiger charge is 2.12. The average Bonchev–Trinajstić information content (AvgIpc) is 2.39. The Morgan fingerprint density at radius 1 is 1.32 bits per heavy atom. The minimum atomic E-state index is -0.559. The van der Waals surface area contributed by atoms with Crippen LogP contribution in [-0.4, -0.2) is 21.7 Å². The Hall–Kier alpha value is -1.94. The molecule has 2 aromatic rings. The summed E-state index contributed by atoms with van der Waals surface area (Å²) in [7, 11) is 0. The van der Waals surface area contributed by atoms with Gasteiger partial charge < -0.3 is 9.84 Å². The molecule has 1 N–H and O–H groups in total. The van der Waals surface area contributed by atoms with E-state index in [0.29, 0.717) is 12.4 Å². The van der Waals surface area contributed by atoms with E-state index in [2.05, 4.69) is 9.97 Å². The van der Waals surface area contributed by atoms with Crippen molar-refractivity contribution in [3.63, 3.8) is 0 Å². The first-order valence-electron chi connectivity index (χ1n) is 6.37. The maximum absolute atomic E-state index is 9.60. The van der Waals surface area contributed by atoms with Crippen molar-refractivity contribution in [1.82, 2.24) is 9.97 Å². The standard InChI is InChI=1S/C15H18N2O2/c1-4-19-14-8-6-5-7-12(14)15-16-9-13(11(3)18)10(2)17-15/h5-9,11,18H,4H2,1-3H3/t11-/m1/s1. The topological polar surface area (TPSA) is 55.2 Å². The lowest BCUT2D eigenvalue weighted by molar-refractivity contribution is 0.197. The molecule has 19 heavy (non-hydrogen) atoms. The molecule has 0 spiro atoms. The highest BCUT2D eigenvalue weighted by atomic mass is 16.5. The van der Waals surface area contributed by atoms with E-state index in [-0.39, 0.29) is 0 Å². The van der Waals surface area contributed by atoms with Crippen molar-refractivity contribution in [2.24, 2.45) is 0 Å². The SMILES string of the molecule is CCOc1ccccc1-c1ncc([C@@H](C)O)c(C)n1. The molecule has 0 amide bonds. The van der Waals surface area contributed by atoms with Crippen LogP contribution in [0.25, 0.3) is 11.4 Å². The summed E-state index contributed by atoms with van der Waals surface area (Å²) in [6, 6.07) is 7.69. The minimum absolute atomic E-state index is 0.559. The van der Waals surface area contributed by atoms with Gasteiger partial charge in [-0.05, 0) is 32.9 Å². The molecule has 0 unspecified atom stereocenters. The number of aliphatic hydroxyl groups excluding tert-OH is 1. The van der Waals surface area contributed by atoms with Crippen LogP contribution in [0, 0.1) is 6.92 Å². The van der Waals surface area contributed by atoms with Gasteiger partial charge in [-0.2, -0.15) is 0 Å². The van der Waals surface area contributed by atoms with Crippen LogP contribution in [-0.2, 0) is 0 Å². The van der Waals surface area contributed by atoms with Gasteiger partial charge in [0.1, 0.15) is 5.75 Å². The Bertz CT molecular complexity index is 568. The number of ether oxygens (including phenoxy) is 1. The summed E-state index contributed by atoms with van der Waals surface area (Å²) in [5.74, 6) is 1.39. The highest BCUT2D eigenvalue weighted by Crippen LogP contribution is 2.28. The summed E-state index contributed by atoms with van der Waals surface area (Å²) in [6.45, 7) is 6.12. The van der Waals surface area contributed by atoms with Crippen molar-refractivity contribution in [2.75, 3.05) is 6.61 Å². The van der Waals surface area contributed by atoms with E-state index in [4.69, 9.17) is 4.74 Å². The third-order valence-corrected chi connectivity index (χ3v) is 2.90. The van der Waals surface area contributed by atoms with Crippen molar-refractivity contribution in [2.45, 2.75) is 26.9 Å². The Labute approximate surface area is 113 Å². The Morgan fingerprint density at radius 3 is 2.68 bits per heavy atom. The number of nitrogens with zero attached hydrogens (tertiary/aromatic N) is 2. The van der Waals surface area contributed by atoms with E-state index in [1.807, 2.05) is 38.1 Å². The van der Waals surface area contributed by atoms with Crippen LogP contribution in [0.1, 0.15) is 31.2 Å². The van der Waals surface area contributed by atoms with Crippen LogP contribution in [0.2, 0.25) is 0 Å². The van der Waals surface area contributed by atoms with Gasteiger partial charge in [0.25, 0.3) is 0 Å². The lowest BCUT2D eigenvalue weighted by atomic mass is 10.1. The second-order valence-electron chi connectivity index (χ2n) is 4.34. The van der Waals surface area contributed by atoms with Crippen LogP contribution in [0.4, 0.5) is 0 Å². The van der Waals surface area contributed by atoms with Crippen LogP contribution < -0.4 is 4.74 Å². The van der Waals surface area contributed by atoms with E-state index in [1.165, 1.54) is 0 Å². The van der Waals surface area contributed by atoms with Gasteiger partial charge >= 0.3 is 0 Å². The fraction of sp³-hybridized carbons (Fsp3) is 0.333. The first kappa shape index (κ1) is 13.5. The van der Waals surface area contributed by atoms with E-state index in [0.717, 1.165) is 22.6 Å². The second kappa shape index (κ2) is 5.80. The predicted octanol–water partition coefficient (Wildman–Crippen LogP) is 2.90. The fourth-order valence-corrected chi connectivity index (χ4v) is 1.95. The number of aryl methyl sites for hydroxylation is 1. The zero-order valence-corrected chi connectivity index (χ0v) is 11.4. The lowest BCUT2D eigenvalue weighted by Crippen LogP contribution is -2.02. The first-order chi connectivity index (χ1) is 9.13. The van der Waals surface area contributed by atoms with Crippen molar-refractivity contribution in [3.8, 4) is 17.1 Å². The summed E-state index contributed by atoms with van der Waals surface area (Å²) in [5.41, 5.74) is 2.40. The summed E-state index contributed by atoms with van der Waals surface area (Å²) in [4.78, 5) is 8.78. The number of hydrogen-bond acceptors (Lipinski definition) is 4. The normalized spacial score (nSPS) is 12.2. The molecule has 2 rings (SSSR count). The molecule has 1 aromatic heterocycles. The second-order valence-corrected chi connectivity index (χ2v) is 4.34. The summed E-state index contributed by atoms with van der Waals surface area (Å²) in [5, 5.41) is 9.60. The third-order valence-electron chi connectivity index (χ3n) is 2.90. The fourth-order valence-electron chi connectivity index (χ4n) is 1.95. The zero-order valence-electron chi connectivity index (χ0n) is 11.4. The molecule has 0 bridgehead atoms. The molecule has 0 fully saturated rings. The van der Waals surface area contributed by atoms with Crippen molar-refractivity contribution in [1.29, 1.82) is 0 Å². The highest BCUT2D eigenvalue weighted by molar-refractivity contribution is 5.64. The molecule has 0 aliphatic rings. The number of para-hydroxylation sites is 1.